The van der Waals surface area contributed by atoms with Gasteiger partial charge in [0, 0.05) is 31.3 Å². The topological polar surface area (TPSA) is 379 Å². The van der Waals surface area contributed by atoms with Crippen LogP contribution < -0.4 is 5.32 Å². The molecule has 0 aliphatic carbocycles. The first-order chi connectivity index (χ1) is 27.1. The summed E-state index contributed by atoms with van der Waals surface area (Å²) in [5.74, 6) is -6.05. The minimum atomic E-state index is -3.05. The van der Waals surface area contributed by atoms with Crippen LogP contribution in [0.4, 0.5) is 0 Å². The Hall–Kier alpha value is -2.88. The van der Waals surface area contributed by atoms with E-state index in [2.05, 4.69) is 20.1 Å². The molecule has 3 aliphatic rings. The van der Waals surface area contributed by atoms with Crippen molar-refractivity contribution in [3.8, 4) is 0 Å². The number of aliphatic hydroxyl groups excluding tert-OH is 9. The van der Waals surface area contributed by atoms with E-state index < -0.39 is 136 Å². The number of nitrogens with one attached hydrogen (secondary N) is 1. The molecular formula is C33H56N4O20. The SMILES string of the molecule is COC(=O)CCCCCCCCO[C@@H]1O[C@H](CO)[C@@H](O[C@@H]2O[C@H](CO)[C@H](O)[C@H](O[C@]3(C(=O)O)C[C@H](O)[C@@H](NC(C)=O)[C@H]([C@H](O)[C@H](O)CO)O3)[C@H]2O)[C@H](O)[C@H]1N=[N+]=[N-]. The van der Waals surface area contributed by atoms with Gasteiger partial charge in [-0.1, -0.05) is 30.8 Å². The minimum absolute atomic E-state index is 0.102. The maximum absolute atomic E-state index is 12.8. The second-order valence-electron chi connectivity index (χ2n) is 14.0. The monoisotopic (exact) mass is 828 g/mol. The average molecular weight is 829 g/mol. The fourth-order valence-electron chi connectivity index (χ4n) is 6.85. The highest BCUT2D eigenvalue weighted by molar-refractivity contribution is 5.76. The molecule has 16 atom stereocenters. The van der Waals surface area contributed by atoms with E-state index in [1.807, 2.05) is 0 Å². The van der Waals surface area contributed by atoms with Crippen molar-refractivity contribution in [1.82, 2.24) is 5.32 Å². The lowest BCUT2D eigenvalue weighted by atomic mass is 9.88. The number of amides is 1. The largest absolute Gasteiger partial charge is 0.477 e. The van der Waals surface area contributed by atoms with Crippen LogP contribution in [0.1, 0.15) is 58.3 Å². The molecule has 0 aromatic heterocycles. The first kappa shape index (κ1) is 48.5. The highest BCUT2D eigenvalue weighted by atomic mass is 16.8. The molecule has 24 heteroatoms. The summed E-state index contributed by atoms with van der Waals surface area (Å²) < 4.78 is 38.7. The summed E-state index contributed by atoms with van der Waals surface area (Å²) in [6, 6.07) is -3.04. The number of carboxylic acid groups (broad SMARTS) is 1. The molecule has 0 radical (unpaired) electrons. The summed E-state index contributed by atoms with van der Waals surface area (Å²) in [5, 5.41) is 112. The van der Waals surface area contributed by atoms with E-state index in [4.69, 9.17) is 28.4 Å². The molecule has 1 amide bonds. The van der Waals surface area contributed by atoms with Crippen molar-refractivity contribution in [2.45, 2.75) is 156 Å². The molecule has 0 spiro atoms. The summed E-state index contributed by atoms with van der Waals surface area (Å²) in [4.78, 5) is 38.6. The van der Waals surface area contributed by atoms with Gasteiger partial charge in [-0.15, -0.1) is 0 Å². The van der Waals surface area contributed by atoms with Crippen molar-refractivity contribution in [2.75, 3.05) is 33.5 Å². The Kier molecular flexibility index (Phi) is 19.6. The zero-order valence-electron chi connectivity index (χ0n) is 31.5. The Labute approximate surface area is 326 Å². The first-order valence-electron chi connectivity index (χ1n) is 18.6. The number of aliphatic hydroxyl groups is 9. The van der Waals surface area contributed by atoms with E-state index in [1.165, 1.54) is 7.11 Å². The zero-order chi connectivity index (χ0) is 42.4. The number of carbonyl (C=O) groups is 3. The Morgan fingerprint density at radius 3 is 2.12 bits per heavy atom. The van der Waals surface area contributed by atoms with Crippen LogP contribution in [0.5, 0.6) is 0 Å². The third-order valence-electron chi connectivity index (χ3n) is 9.92. The van der Waals surface area contributed by atoms with Crippen LogP contribution in [0.3, 0.4) is 0 Å². The molecule has 0 saturated carbocycles. The molecule has 0 unspecified atom stereocenters. The molecule has 328 valence electrons. The van der Waals surface area contributed by atoms with Crippen molar-refractivity contribution in [3.05, 3.63) is 10.4 Å². The number of carbonyl (C=O) groups excluding carboxylic acids is 2. The lowest BCUT2D eigenvalue weighted by Gasteiger charge is -2.50. The molecule has 24 nitrogen and oxygen atoms in total. The molecular weight excluding hydrogens is 772 g/mol. The fourth-order valence-corrected chi connectivity index (χ4v) is 6.85. The van der Waals surface area contributed by atoms with Gasteiger partial charge < -0.3 is 89.5 Å². The Morgan fingerprint density at radius 2 is 1.54 bits per heavy atom. The first-order valence-corrected chi connectivity index (χ1v) is 18.6. The van der Waals surface area contributed by atoms with Gasteiger partial charge in [0.05, 0.1) is 45.2 Å². The van der Waals surface area contributed by atoms with Crippen LogP contribution in [0.25, 0.3) is 10.4 Å². The van der Waals surface area contributed by atoms with Crippen LogP contribution >= 0.6 is 0 Å². The van der Waals surface area contributed by atoms with Gasteiger partial charge in [0.1, 0.15) is 61.0 Å². The Morgan fingerprint density at radius 1 is 0.912 bits per heavy atom. The fraction of sp³-hybridized carbons (Fsp3) is 0.909. The van der Waals surface area contributed by atoms with Gasteiger partial charge in [-0.05, 0) is 18.4 Å². The second-order valence-corrected chi connectivity index (χ2v) is 14.0. The quantitative estimate of drug-likeness (QED) is 0.0163. The number of nitrogens with zero attached hydrogens (tertiary/aromatic N) is 3. The Balaban J connectivity index is 1.77. The van der Waals surface area contributed by atoms with E-state index >= 15 is 0 Å². The van der Waals surface area contributed by atoms with E-state index in [0.29, 0.717) is 19.3 Å². The number of hydrogen-bond donors (Lipinski definition) is 11. The summed E-state index contributed by atoms with van der Waals surface area (Å²) >= 11 is 0. The number of methoxy groups -OCH3 is 1. The molecule has 57 heavy (non-hydrogen) atoms. The number of hydrogen-bond acceptors (Lipinski definition) is 20. The lowest BCUT2D eigenvalue weighted by Crippen LogP contribution is -2.70. The second kappa shape index (κ2) is 23.1. The van der Waals surface area contributed by atoms with Crippen molar-refractivity contribution in [1.29, 1.82) is 0 Å². The molecule has 0 aromatic rings. The van der Waals surface area contributed by atoms with Crippen LogP contribution in [-0.4, -0.2) is 200 Å². The standard InChI is InChI=1S/C33H56N4O20/c1-15(41)35-21-16(42)11-33(32(49)50,56-28(21)23(45)17(43)12-38)57-29-24(46)18(13-39)53-31(26(29)48)55-27-19(14-40)54-30(22(25(27)47)36-37-34)52-10-8-6-4-3-5-7-9-20(44)51-2/h16-19,21-31,38-40,42-43,45-48H,3-14H2,1-2H3,(H,35,41)(H,49,50)/t16-,17+,18+,19+,21+,22+,23+,24-,25+,26+,27+,28+,29-,30+,31-,33-/m0/s1. The summed E-state index contributed by atoms with van der Waals surface area (Å²) in [7, 11) is 1.33. The number of carboxylic acids is 1. The minimum Gasteiger partial charge on any atom is -0.477 e. The number of rotatable bonds is 22. The number of esters is 1. The smallest absolute Gasteiger partial charge is 0.364 e. The van der Waals surface area contributed by atoms with E-state index in [0.717, 1.165) is 32.6 Å². The third kappa shape index (κ3) is 12.6. The maximum atomic E-state index is 12.8. The van der Waals surface area contributed by atoms with Crippen molar-refractivity contribution in [2.24, 2.45) is 5.11 Å². The van der Waals surface area contributed by atoms with Crippen LogP contribution in [-0.2, 0) is 47.5 Å². The number of unbranched alkanes of at least 4 members (excludes halogenated alkanes) is 5. The van der Waals surface area contributed by atoms with Gasteiger partial charge >= 0.3 is 11.9 Å². The highest BCUT2D eigenvalue weighted by Crippen LogP contribution is 2.38. The van der Waals surface area contributed by atoms with Gasteiger partial charge in [-0.3, -0.25) is 9.59 Å². The summed E-state index contributed by atoms with van der Waals surface area (Å²) in [6.45, 7) is -1.72. The highest BCUT2D eigenvalue weighted by Gasteiger charge is 2.60. The molecule has 0 aromatic carbocycles. The van der Waals surface area contributed by atoms with Gasteiger partial charge in [0.25, 0.3) is 5.79 Å². The molecule has 3 rings (SSSR count). The zero-order valence-corrected chi connectivity index (χ0v) is 31.5. The van der Waals surface area contributed by atoms with Crippen molar-refractivity contribution in [3.63, 3.8) is 0 Å². The predicted molar refractivity (Wildman–Crippen MR) is 185 cm³/mol. The van der Waals surface area contributed by atoms with Crippen LogP contribution in [0.15, 0.2) is 5.11 Å². The van der Waals surface area contributed by atoms with Crippen LogP contribution in [0, 0.1) is 0 Å². The number of aliphatic carboxylic acids is 1. The molecule has 3 fully saturated rings. The van der Waals surface area contributed by atoms with Gasteiger partial charge in [0.2, 0.25) is 5.91 Å². The predicted octanol–water partition coefficient (Wildman–Crippen LogP) is -3.98. The molecule has 3 heterocycles. The Bertz CT molecular complexity index is 1330. The summed E-state index contributed by atoms with van der Waals surface area (Å²) in [6.07, 6.45) is -20.4. The third-order valence-corrected chi connectivity index (χ3v) is 9.92. The summed E-state index contributed by atoms with van der Waals surface area (Å²) in [5.41, 5.74) is 9.26. The van der Waals surface area contributed by atoms with E-state index in [-0.39, 0.29) is 12.6 Å². The molecule has 3 saturated heterocycles. The molecule has 0 bridgehead atoms. The lowest BCUT2D eigenvalue weighted by molar-refractivity contribution is -0.382. The number of ether oxygens (including phenoxy) is 7. The van der Waals surface area contributed by atoms with Gasteiger partial charge in [0.15, 0.2) is 12.6 Å². The maximum Gasteiger partial charge on any atom is 0.364 e. The number of azide groups is 1. The van der Waals surface area contributed by atoms with Gasteiger partial charge in [-0.2, -0.15) is 0 Å². The van der Waals surface area contributed by atoms with Gasteiger partial charge in [-0.25, -0.2) is 4.79 Å². The average Bonchev–Trinajstić information content (AvgIpc) is 3.18. The molecule has 11 N–H and O–H groups in total. The van der Waals surface area contributed by atoms with Crippen molar-refractivity contribution >= 4 is 17.8 Å². The van der Waals surface area contributed by atoms with Crippen molar-refractivity contribution < 1.29 is 98.6 Å². The van der Waals surface area contributed by atoms with E-state index in [1.54, 1.807) is 0 Å². The normalized spacial score (nSPS) is 36.7. The van der Waals surface area contributed by atoms with E-state index in [9.17, 15) is 71.0 Å². The van der Waals surface area contributed by atoms with Crippen LogP contribution in [0.2, 0.25) is 0 Å². The molecule has 3 aliphatic heterocycles.